The number of benzene rings is 2. The van der Waals surface area contributed by atoms with Gasteiger partial charge < -0.3 is 4.74 Å². The molecule has 0 aromatic heterocycles. The van der Waals surface area contributed by atoms with Gasteiger partial charge in [0.2, 0.25) is 0 Å². The van der Waals surface area contributed by atoms with Crippen molar-refractivity contribution in [3.8, 4) is 5.75 Å². The third-order valence-corrected chi connectivity index (χ3v) is 4.86. The molecule has 0 atom stereocenters. The summed E-state index contributed by atoms with van der Waals surface area (Å²) in [5.74, 6) is -1.03. The molecular formula is C19H20Cl2F2N2O. The minimum absolute atomic E-state index is 0.159. The van der Waals surface area contributed by atoms with E-state index in [-0.39, 0.29) is 15.7 Å². The van der Waals surface area contributed by atoms with Crippen LogP contribution in [0.4, 0.5) is 20.2 Å². The van der Waals surface area contributed by atoms with E-state index < -0.39 is 17.3 Å². The van der Waals surface area contributed by atoms with Crippen molar-refractivity contribution in [2.75, 3.05) is 6.61 Å². The summed E-state index contributed by atoms with van der Waals surface area (Å²) in [7, 11) is 0. The summed E-state index contributed by atoms with van der Waals surface area (Å²) in [5, 5.41) is 8.04. The van der Waals surface area contributed by atoms with Gasteiger partial charge in [0, 0.05) is 11.1 Å². The fraction of sp³-hybridized carbons (Fsp3) is 0.368. The first-order valence-electron chi connectivity index (χ1n) is 8.35. The molecule has 0 bridgehead atoms. The molecule has 2 rings (SSSR count). The Kier molecular flexibility index (Phi) is 7.35. The van der Waals surface area contributed by atoms with Crippen molar-refractivity contribution in [2.45, 2.75) is 40.0 Å². The molecule has 0 saturated carbocycles. The van der Waals surface area contributed by atoms with E-state index >= 15 is 0 Å². The van der Waals surface area contributed by atoms with E-state index in [1.807, 2.05) is 0 Å². The van der Waals surface area contributed by atoms with Gasteiger partial charge in [-0.25, -0.2) is 8.78 Å². The van der Waals surface area contributed by atoms with Gasteiger partial charge in [0.05, 0.1) is 16.7 Å². The second-order valence-electron chi connectivity index (χ2n) is 5.88. The highest BCUT2D eigenvalue weighted by Gasteiger charge is 2.19. The number of nitrogens with zero attached hydrogens (tertiary/aromatic N) is 2. The topological polar surface area (TPSA) is 34.0 Å². The van der Waals surface area contributed by atoms with Crippen molar-refractivity contribution in [3.63, 3.8) is 0 Å². The minimum atomic E-state index is -0.815. The molecule has 0 fully saturated rings. The smallest absolute Gasteiger partial charge is 0.157 e. The normalized spacial score (nSPS) is 11.3. The van der Waals surface area contributed by atoms with Crippen LogP contribution in [0.3, 0.4) is 0 Å². The average Bonchev–Trinajstić information content (AvgIpc) is 2.61. The molecule has 0 aliphatic carbocycles. The fourth-order valence-corrected chi connectivity index (χ4v) is 2.93. The number of ether oxygens (including phenoxy) is 1. The van der Waals surface area contributed by atoms with Gasteiger partial charge in [-0.1, -0.05) is 49.0 Å². The van der Waals surface area contributed by atoms with Crippen molar-refractivity contribution in [1.82, 2.24) is 0 Å². The highest BCUT2D eigenvalue weighted by Crippen LogP contribution is 2.45. The first-order valence-corrected chi connectivity index (χ1v) is 9.10. The van der Waals surface area contributed by atoms with E-state index in [1.54, 1.807) is 13.8 Å². The van der Waals surface area contributed by atoms with E-state index in [1.165, 1.54) is 6.07 Å². The SMILES string of the molecule is CCCCCOc1c(C)c(Cl)c(N=Nc2c(F)cccc2F)c(Cl)c1C. The molecule has 0 aliphatic rings. The summed E-state index contributed by atoms with van der Waals surface area (Å²) >= 11 is 12.7. The van der Waals surface area contributed by atoms with Crippen LogP contribution in [0.25, 0.3) is 0 Å². The quantitative estimate of drug-likeness (QED) is 0.343. The van der Waals surface area contributed by atoms with Crippen molar-refractivity contribution in [2.24, 2.45) is 10.2 Å². The Morgan fingerprint density at radius 2 is 1.46 bits per heavy atom. The molecule has 0 N–H and O–H groups in total. The Morgan fingerprint density at radius 1 is 0.923 bits per heavy atom. The molecule has 0 spiro atoms. The third-order valence-electron chi connectivity index (χ3n) is 3.94. The summed E-state index contributed by atoms with van der Waals surface area (Å²) < 4.78 is 33.2. The van der Waals surface area contributed by atoms with Crippen LogP contribution < -0.4 is 4.74 Å². The Labute approximate surface area is 162 Å². The van der Waals surface area contributed by atoms with Crippen LogP contribution in [-0.2, 0) is 0 Å². The zero-order valence-corrected chi connectivity index (χ0v) is 16.4. The van der Waals surface area contributed by atoms with Gasteiger partial charge in [0.25, 0.3) is 0 Å². The second kappa shape index (κ2) is 9.28. The van der Waals surface area contributed by atoms with Crippen LogP contribution in [0.1, 0.15) is 37.3 Å². The number of halogens is 4. The molecule has 2 aromatic carbocycles. The fourth-order valence-electron chi connectivity index (χ4n) is 2.45. The standard InChI is InChI=1S/C19H20Cl2F2N2O/c1-4-5-6-10-26-19-11(2)15(20)18(16(21)12(19)3)25-24-17-13(22)8-7-9-14(17)23/h7-9H,4-6,10H2,1-3H3. The Hall–Kier alpha value is -1.72. The lowest BCUT2D eigenvalue weighted by molar-refractivity contribution is 0.302. The van der Waals surface area contributed by atoms with Crippen LogP contribution in [0.15, 0.2) is 28.4 Å². The lowest BCUT2D eigenvalue weighted by Gasteiger charge is -2.16. The monoisotopic (exact) mass is 400 g/mol. The van der Waals surface area contributed by atoms with Crippen molar-refractivity contribution >= 4 is 34.6 Å². The van der Waals surface area contributed by atoms with E-state index in [4.69, 9.17) is 27.9 Å². The molecule has 26 heavy (non-hydrogen) atoms. The van der Waals surface area contributed by atoms with Crippen LogP contribution in [0.5, 0.6) is 5.75 Å². The molecular weight excluding hydrogens is 381 g/mol. The number of hydrogen-bond acceptors (Lipinski definition) is 3. The number of rotatable bonds is 7. The average molecular weight is 401 g/mol. The zero-order valence-electron chi connectivity index (χ0n) is 14.9. The zero-order chi connectivity index (χ0) is 19.3. The first-order chi connectivity index (χ1) is 12.4. The molecule has 0 unspecified atom stereocenters. The first kappa shape index (κ1) is 20.6. The predicted molar refractivity (Wildman–Crippen MR) is 101 cm³/mol. The maximum atomic E-state index is 13.7. The van der Waals surface area contributed by atoms with E-state index in [0.717, 1.165) is 31.4 Å². The van der Waals surface area contributed by atoms with E-state index in [0.29, 0.717) is 23.5 Å². The third kappa shape index (κ3) is 4.51. The van der Waals surface area contributed by atoms with Gasteiger partial charge in [-0.2, -0.15) is 0 Å². The summed E-state index contributed by atoms with van der Waals surface area (Å²) in [5.41, 5.74) is 0.989. The second-order valence-corrected chi connectivity index (χ2v) is 6.64. The highest BCUT2D eigenvalue weighted by atomic mass is 35.5. The Bertz CT molecular complexity index is 776. The molecule has 0 heterocycles. The van der Waals surface area contributed by atoms with Crippen LogP contribution in [0, 0.1) is 25.5 Å². The van der Waals surface area contributed by atoms with Gasteiger partial charge in [-0.3, -0.25) is 0 Å². The molecule has 0 amide bonds. The molecule has 0 saturated heterocycles. The lowest BCUT2D eigenvalue weighted by atomic mass is 10.1. The highest BCUT2D eigenvalue weighted by molar-refractivity contribution is 6.40. The number of azo groups is 1. The van der Waals surface area contributed by atoms with E-state index in [2.05, 4.69) is 17.2 Å². The van der Waals surface area contributed by atoms with Gasteiger partial charge in [0.15, 0.2) is 17.3 Å². The Balaban J connectivity index is 2.37. The predicted octanol–water partition coefficient (Wildman–Crippen LogP) is 7.87. The summed E-state index contributed by atoms with van der Waals surface area (Å²) in [4.78, 5) is 0. The molecule has 0 radical (unpaired) electrons. The van der Waals surface area contributed by atoms with E-state index in [9.17, 15) is 8.78 Å². The largest absolute Gasteiger partial charge is 0.493 e. The molecule has 7 heteroatoms. The molecule has 140 valence electrons. The summed E-state index contributed by atoms with van der Waals surface area (Å²) in [6, 6.07) is 3.46. The van der Waals surface area contributed by atoms with Crippen molar-refractivity contribution in [1.29, 1.82) is 0 Å². The molecule has 0 aliphatic heterocycles. The maximum absolute atomic E-state index is 13.7. The van der Waals surface area contributed by atoms with Crippen LogP contribution >= 0.6 is 23.2 Å². The van der Waals surface area contributed by atoms with Crippen LogP contribution in [0.2, 0.25) is 10.0 Å². The Morgan fingerprint density at radius 3 is 2.00 bits per heavy atom. The summed E-state index contributed by atoms with van der Waals surface area (Å²) in [6.07, 6.45) is 3.09. The number of hydrogen-bond donors (Lipinski definition) is 0. The lowest BCUT2D eigenvalue weighted by Crippen LogP contribution is -2.01. The van der Waals surface area contributed by atoms with Crippen LogP contribution in [-0.4, -0.2) is 6.61 Å². The van der Waals surface area contributed by atoms with Gasteiger partial charge in [-0.05, 0) is 32.4 Å². The van der Waals surface area contributed by atoms with Gasteiger partial charge in [0.1, 0.15) is 11.4 Å². The van der Waals surface area contributed by atoms with Crippen molar-refractivity contribution in [3.05, 3.63) is 51.0 Å². The maximum Gasteiger partial charge on any atom is 0.157 e. The number of unbranched alkanes of at least 4 members (excludes halogenated alkanes) is 2. The van der Waals surface area contributed by atoms with Gasteiger partial charge >= 0.3 is 0 Å². The van der Waals surface area contributed by atoms with Gasteiger partial charge in [-0.15, -0.1) is 10.2 Å². The summed E-state index contributed by atoms with van der Waals surface area (Å²) in [6.45, 7) is 6.24. The van der Waals surface area contributed by atoms with Crippen molar-refractivity contribution < 1.29 is 13.5 Å². The molecule has 3 nitrogen and oxygen atoms in total. The minimum Gasteiger partial charge on any atom is -0.493 e. The molecule has 2 aromatic rings.